The molecule has 0 aliphatic heterocycles. The first-order valence-corrected chi connectivity index (χ1v) is 6.11. The molecule has 90 valence electrons. The molecule has 0 amide bonds. The zero-order valence-corrected chi connectivity index (χ0v) is 11.7. The fourth-order valence-corrected chi connectivity index (χ4v) is 1.28. The van der Waals surface area contributed by atoms with Crippen LogP contribution in [0.1, 0.15) is 45.7 Å². The summed E-state index contributed by atoms with van der Waals surface area (Å²) in [6.07, 6.45) is 3.85. The molecule has 0 bridgehead atoms. The van der Waals surface area contributed by atoms with Gasteiger partial charge < -0.3 is 0 Å². The van der Waals surface area contributed by atoms with E-state index in [1.807, 2.05) is 39.8 Å². The van der Waals surface area contributed by atoms with Gasteiger partial charge in [-0.3, -0.25) is 0 Å². The lowest BCUT2D eigenvalue weighted by Crippen LogP contribution is -1.83. The van der Waals surface area contributed by atoms with Crippen LogP contribution in [0.4, 0.5) is 0 Å². The molecule has 0 fully saturated rings. The fourth-order valence-electron chi connectivity index (χ4n) is 1.28. The number of benzene rings is 1. The number of rotatable bonds is 2. The molecule has 0 aromatic heterocycles. The van der Waals surface area contributed by atoms with E-state index in [4.69, 9.17) is 0 Å². The van der Waals surface area contributed by atoms with Crippen molar-refractivity contribution in [3.05, 3.63) is 54.1 Å². The molecule has 0 radical (unpaired) electrons. The zero-order valence-electron chi connectivity index (χ0n) is 11.7. The SMILES string of the molecule is C=C/C=C(/C)c1ccccc1C.CC.CC. The van der Waals surface area contributed by atoms with E-state index >= 15 is 0 Å². The third kappa shape index (κ3) is 6.23. The number of aryl methyl sites for hydroxylation is 1. The van der Waals surface area contributed by atoms with Gasteiger partial charge in [-0.15, -0.1) is 0 Å². The maximum Gasteiger partial charge on any atom is -0.0198 e. The molecular weight excluding hydrogens is 192 g/mol. The van der Waals surface area contributed by atoms with E-state index in [1.54, 1.807) is 0 Å². The predicted octanol–water partition coefficient (Wildman–Crippen LogP) is 5.64. The van der Waals surface area contributed by atoms with Crippen LogP contribution in [0, 0.1) is 6.92 Å². The van der Waals surface area contributed by atoms with Gasteiger partial charge in [0.15, 0.2) is 0 Å². The lowest BCUT2D eigenvalue weighted by Gasteiger charge is -2.03. The van der Waals surface area contributed by atoms with Gasteiger partial charge >= 0.3 is 0 Å². The zero-order chi connectivity index (χ0) is 13.0. The summed E-state index contributed by atoms with van der Waals surface area (Å²) in [5, 5.41) is 0. The van der Waals surface area contributed by atoms with Crippen LogP contribution in [0.15, 0.2) is 43.0 Å². The minimum atomic E-state index is 1.27. The van der Waals surface area contributed by atoms with Crippen LogP contribution in [-0.2, 0) is 0 Å². The Hall–Kier alpha value is -1.30. The molecule has 0 N–H and O–H groups in total. The Morgan fingerprint density at radius 3 is 2.00 bits per heavy atom. The second kappa shape index (κ2) is 11.8. The molecule has 0 atom stereocenters. The van der Waals surface area contributed by atoms with Gasteiger partial charge in [-0.25, -0.2) is 0 Å². The van der Waals surface area contributed by atoms with Crippen molar-refractivity contribution in [1.82, 2.24) is 0 Å². The summed E-state index contributed by atoms with van der Waals surface area (Å²) in [5.41, 5.74) is 3.88. The molecule has 0 aliphatic carbocycles. The maximum absolute atomic E-state index is 3.68. The predicted molar refractivity (Wildman–Crippen MR) is 77.7 cm³/mol. The monoisotopic (exact) mass is 218 g/mol. The minimum Gasteiger partial charge on any atom is -0.0991 e. The molecule has 16 heavy (non-hydrogen) atoms. The van der Waals surface area contributed by atoms with Crippen LogP contribution in [0.25, 0.3) is 5.57 Å². The van der Waals surface area contributed by atoms with Gasteiger partial charge in [0.25, 0.3) is 0 Å². The van der Waals surface area contributed by atoms with E-state index < -0.39 is 0 Å². The summed E-state index contributed by atoms with van der Waals surface area (Å²) in [4.78, 5) is 0. The Kier molecular flexibility index (Phi) is 12.6. The Morgan fingerprint density at radius 1 is 1.06 bits per heavy atom. The highest BCUT2D eigenvalue weighted by Crippen LogP contribution is 2.17. The van der Waals surface area contributed by atoms with Crippen LogP contribution in [0.2, 0.25) is 0 Å². The van der Waals surface area contributed by atoms with Crippen molar-refractivity contribution < 1.29 is 0 Å². The van der Waals surface area contributed by atoms with E-state index in [9.17, 15) is 0 Å². The topological polar surface area (TPSA) is 0 Å². The molecule has 0 aliphatic rings. The standard InChI is InChI=1S/C12H14.2C2H6/c1-4-7-10(2)12-9-6-5-8-11(12)3;2*1-2/h4-9H,1H2,2-3H3;2*1-2H3/b10-7-;;. The van der Waals surface area contributed by atoms with Gasteiger partial charge in [-0.2, -0.15) is 0 Å². The molecular formula is C16H26. The number of hydrogen-bond donors (Lipinski definition) is 0. The first kappa shape index (κ1) is 17.1. The number of allylic oxidation sites excluding steroid dienone is 3. The van der Waals surface area contributed by atoms with Gasteiger partial charge in [0.1, 0.15) is 0 Å². The third-order valence-corrected chi connectivity index (χ3v) is 1.94. The van der Waals surface area contributed by atoms with E-state index in [1.165, 1.54) is 16.7 Å². The first-order valence-electron chi connectivity index (χ1n) is 6.11. The Balaban J connectivity index is 0. The normalized spacial score (nSPS) is 9.25. The highest BCUT2D eigenvalue weighted by Gasteiger charge is 1.96. The fraction of sp³-hybridized carbons (Fsp3) is 0.375. The summed E-state index contributed by atoms with van der Waals surface area (Å²) in [7, 11) is 0. The maximum atomic E-state index is 3.68. The third-order valence-electron chi connectivity index (χ3n) is 1.94. The van der Waals surface area contributed by atoms with Crippen molar-refractivity contribution >= 4 is 5.57 Å². The number of hydrogen-bond acceptors (Lipinski definition) is 0. The average molecular weight is 218 g/mol. The lowest BCUT2D eigenvalue weighted by molar-refractivity contribution is 1.41. The van der Waals surface area contributed by atoms with Crippen molar-refractivity contribution in [2.45, 2.75) is 41.5 Å². The van der Waals surface area contributed by atoms with E-state index in [-0.39, 0.29) is 0 Å². The van der Waals surface area contributed by atoms with Crippen LogP contribution >= 0.6 is 0 Å². The van der Waals surface area contributed by atoms with Crippen LogP contribution in [0.5, 0.6) is 0 Å². The Bertz CT molecular complexity index is 306. The Labute approximate surface area is 102 Å². The van der Waals surface area contributed by atoms with Gasteiger partial charge in [0.2, 0.25) is 0 Å². The highest BCUT2D eigenvalue weighted by atomic mass is 14.0. The van der Waals surface area contributed by atoms with E-state index in [0.29, 0.717) is 0 Å². The van der Waals surface area contributed by atoms with Crippen molar-refractivity contribution in [3.63, 3.8) is 0 Å². The van der Waals surface area contributed by atoms with Gasteiger partial charge in [0.05, 0.1) is 0 Å². The largest absolute Gasteiger partial charge is 0.0991 e. The smallest absolute Gasteiger partial charge is 0.0198 e. The second-order valence-corrected chi connectivity index (χ2v) is 2.90. The Morgan fingerprint density at radius 2 is 1.56 bits per heavy atom. The molecule has 0 heteroatoms. The summed E-state index contributed by atoms with van der Waals surface area (Å²) < 4.78 is 0. The molecule has 0 spiro atoms. The van der Waals surface area contributed by atoms with E-state index in [0.717, 1.165) is 0 Å². The summed E-state index contributed by atoms with van der Waals surface area (Å²) in [6, 6.07) is 8.36. The van der Waals surface area contributed by atoms with Gasteiger partial charge in [-0.05, 0) is 30.5 Å². The molecule has 0 saturated heterocycles. The molecule has 0 saturated carbocycles. The molecule has 0 nitrogen and oxygen atoms in total. The van der Waals surface area contributed by atoms with Crippen molar-refractivity contribution in [1.29, 1.82) is 0 Å². The lowest BCUT2D eigenvalue weighted by atomic mass is 10.0. The molecule has 1 rings (SSSR count). The van der Waals surface area contributed by atoms with Gasteiger partial charge in [0, 0.05) is 0 Å². The highest BCUT2D eigenvalue weighted by molar-refractivity contribution is 5.67. The van der Waals surface area contributed by atoms with E-state index in [2.05, 4.69) is 44.7 Å². The van der Waals surface area contributed by atoms with Crippen molar-refractivity contribution in [2.24, 2.45) is 0 Å². The summed E-state index contributed by atoms with van der Waals surface area (Å²) in [6.45, 7) is 15.9. The van der Waals surface area contributed by atoms with Crippen LogP contribution in [-0.4, -0.2) is 0 Å². The quantitative estimate of drug-likeness (QED) is 0.564. The molecule has 1 aromatic carbocycles. The van der Waals surface area contributed by atoms with Crippen molar-refractivity contribution in [2.75, 3.05) is 0 Å². The first-order chi connectivity index (χ1) is 7.75. The van der Waals surface area contributed by atoms with Gasteiger partial charge in [-0.1, -0.05) is 70.7 Å². The summed E-state index contributed by atoms with van der Waals surface area (Å²) in [5.74, 6) is 0. The average Bonchev–Trinajstić information content (AvgIpc) is 2.35. The minimum absolute atomic E-state index is 1.27. The molecule has 0 heterocycles. The molecule has 1 aromatic rings. The second-order valence-electron chi connectivity index (χ2n) is 2.90. The molecule has 0 unspecified atom stereocenters. The van der Waals surface area contributed by atoms with Crippen LogP contribution < -0.4 is 0 Å². The van der Waals surface area contributed by atoms with Crippen LogP contribution in [0.3, 0.4) is 0 Å². The summed E-state index contributed by atoms with van der Waals surface area (Å²) >= 11 is 0. The van der Waals surface area contributed by atoms with Crippen molar-refractivity contribution in [3.8, 4) is 0 Å².